The van der Waals surface area contributed by atoms with Crippen molar-refractivity contribution in [2.45, 2.75) is 6.18 Å². The fourth-order valence-corrected chi connectivity index (χ4v) is 1.93. The Balaban J connectivity index is 2.16. The molecular formula is C13H10BrF3N2O2. The molecule has 2 rings (SSSR count). The summed E-state index contributed by atoms with van der Waals surface area (Å²) in [6.07, 6.45) is -4.46. The molecule has 0 fully saturated rings. The Bertz CT molecular complexity index is 638. The van der Waals surface area contributed by atoms with Crippen LogP contribution in [0, 0.1) is 0 Å². The zero-order valence-electron chi connectivity index (χ0n) is 10.8. The van der Waals surface area contributed by atoms with E-state index in [2.05, 4.69) is 21.1 Å². The van der Waals surface area contributed by atoms with E-state index in [-0.39, 0.29) is 5.69 Å². The van der Waals surface area contributed by atoms with E-state index in [4.69, 9.17) is 4.52 Å². The highest BCUT2D eigenvalue weighted by atomic mass is 79.9. The predicted octanol–water partition coefficient (Wildman–Crippen LogP) is 3.74. The van der Waals surface area contributed by atoms with Crippen LogP contribution in [0.4, 0.5) is 13.2 Å². The average Bonchev–Trinajstić information content (AvgIpc) is 2.86. The van der Waals surface area contributed by atoms with Gasteiger partial charge in [-0.2, -0.15) is 13.2 Å². The summed E-state index contributed by atoms with van der Waals surface area (Å²) < 4.78 is 42.6. The number of nitrogens with zero attached hydrogens (tertiary/aromatic N) is 2. The highest BCUT2D eigenvalue weighted by Crippen LogP contribution is 2.23. The molecule has 0 unspecified atom stereocenters. The van der Waals surface area contributed by atoms with E-state index in [1.165, 1.54) is 6.07 Å². The molecule has 0 aliphatic carbocycles. The number of carbonyl (C=O) groups excluding carboxylic acids is 1. The van der Waals surface area contributed by atoms with Gasteiger partial charge >= 0.3 is 6.18 Å². The Morgan fingerprint density at radius 3 is 2.52 bits per heavy atom. The van der Waals surface area contributed by atoms with E-state index >= 15 is 0 Å². The first-order chi connectivity index (χ1) is 9.76. The van der Waals surface area contributed by atoms with E-state index in [1.54, 1.807) is 24.3 Å². The van der Waals surface area contributed by atoms with Gasteiger partial charge in [0, 0.05) is 23.2 Å². The fraction of sp³-hybridized carbons (Fsp3) is 0.231. The average molecular weight is 363 g/mol. The first-order valence-electron chi connectivity index (χ1n) is 5.81. The summed E-state index contributed by atoms with van der Waals surface area (Å²) in [6.45, 7) is -1.34. The lowest BCUT2D eigenvalue weighted by Crippen LogP contribution is -2.35. The molecule has 0 bridgehead atoms. The lowest BCUT2D eigenvalue weighted by atomic mass is 10.1. The largest absolute Gasteiger partial charge is 0.406 e. The Kier molecular flexibility index (Phi) is 4.36. The molecule has 4 nitrogen and oxygen atoms in total. The van der Waals surface area contributed by atoms with Gasteiger partial charge < -0.3 is 9.42 Å². The van der Waals surface area contributed by atoms with Crippen LogP contribution < -0.4 is 0 Å². The minimum atomic E-state index is -4.46. The quantitative estimate of drug-likeness (QED) is 0.835. The highest BCUT2D eigenvalue weighted by molar-refractivity contribution is 9.10. The van der Waals surface area contributed by atoms with E-state index in [0.717, 1.165) is 11.5 Å². The zero-order valence-corrected chi connectivity index (χ0v) is 12.4. The molecule has 112 valence electrons. The molecule has 0 aliphatic heterocycles. The standard InChI is InChI=1S/C13H10BrF3N2O2/c1-19(7-13(15,16)17)12(20)10-6-11(21-18-10)8-2-4-9(14)5-3-8/h2-6H,7H2,1H3. The van der Waals surface area contributed by atoms with E-state index in [1.807, 2.05) is 0 Å². The molecule has 0 aliphatic rings. The van der Waals surface area contributed by atoms with Crippen LogP contribution >= 0.6 is 15.9 Å². The SMILES string of the molecule is CN(CC(F)(F)F)C(=O)c1cc(-c2ccc(Br)cc2)on1. The van der Waals surface area contributed by atoms with Crippen LogP contribution in [0.5, 0.6) is 0 Å². The summed E-state index contributed by atoms with van der Waals surface area (Å²) in [6, 6.07) is 8.33. The van der Waals surface area contributed by atoms with Crippen LogP contribution in [-0.2, 0) is 0 Å². The van der Waals surface area contributed by atoms with Crippen molar-refractivity contribution in [3.8, 4) is 11.3 Å². The van der Waals surface area contributed by atoms with Crippen LogP contribution in [0.2, 0.25) is 0 Å². The van der Waals surface area contributed by atoms with Gasteiger partial charge in [-0.3, -0.25) is 4.79 Å². The molecule has 1 aromatic heterocycles. The minimum absolute atomic E-state index is 0.167. The molecule has 1 heterocycles. The first kappa shape index (κ1) is 15.6. The van der Waals surface area contributed by atoms with Crippen LogP contribution in [0.15, 0.2) is 39.3 Å². The predicted molar refractivity (Wildman–Crippen MR) is 72.7 cm³/mol. The van der Waals surface area contributed by atoms with Crippen molar-refractivity contribution in [2.24, 2.45) is 0 Å². The van der Waals surface area contributed by atoms with Crippen molar-refractivity contribution in [2.75, 3.05) is 13.6 Å². The summed E-state index contributed by atoms with van der Waals surface area (Å²) in [4.78, 5) is 12.4. The maximum absolute atomic E-state index is 12.2. The molecule has 0 atom stereocenters. The van der Waals surface area contributed by atoms with Gasteiger partial charge in [0.05, 0.1) is 0 Å². The molecule has 0 radical (unpaired) electrons. The Labute approximate surface area is 126 Å². The Hall–Kier alpha value is -1.83. The van der Waals surface area contributed by atoms with Crippen molar-refractivity contribution in [1.29, 1.82) is 0 Å². The minimum Gasteiger partial charge on any atom is -0.355 e. The third-order valence-corrected chi connectivity index (χ3v) is 3.15. The highest BCUT2D eigenvalue weighted by Gasteiger charge is 2.32. The van der Waals surface area contributed by atoms with E-state index in [0.29, 0.717) is 16.2 Å². The Morgan fingerprint density at radius 2 is 1.95 bits per heavy atom. The normalized spacial score (nSPS) is 11.5. The molecule has 21 heavy (non-hydrogen) atoms. The number of hydrogen-bond acceptors (Lipinski definition) is 3. The van der Waals surface area contributed by atoms with Crippen molar-refractivity contribution >= 4 is 21.8 Å². The van der Waals surface area contributed by atoms with Crippen molar-refractivity contribution in [3.05, 3.63) is 40.5 Å². The van der Waals surface area contributed by atoms with Crippen molar-refractivity contribution < 1.29 is 22.5 Å². The van der Waals surface area contributed by atoms with Crippen molar-refractivity contribution in [3.63, 3.8) is 0 Å². The van der Waals surface area contributed by atoms with Gasteiger partial charge in [0.2, 0.25) is 0 Å². The van der Waals surface area contributed by atoms with Crippen LogP contribution in [0.3, 0.4) is 0 Å². The Morgan fingerprint density at radius 1 is 1.33 bits per heavy atom. The second-order valence-corrected chi connectivity index (χ2v) is 5.28. The number of benzene rings is 1. The maximum Gasteiger partial charge on any atom is 0.406 e. The third-order valence-electron chi connectivity index (χ3n) is 2.62. The smallest absolute Gasteiger partial charge is 0.355 e. The van der Waals surface area contributed by atoms with Crippen LogP contribution in [-0.4, -0.2) is 35.7 Å². The van der Waals surface area contributed by atoms with Gasteiger partial charge in [0.1, 0.15) is 6.54 Å². The number of alkyl halides is 3. The maximum atomic E-state index is 12.2. The lowest BCUT2D eigenvalue weighted by Gasteiger charge is -2.17. The molecule has 2 aromatic rings. The van der Waals surface area contributed by atoms with Gasteiger partial charge in [-0.05, 0) is 12.1 Å². The van der Waals surface area contributed by atoms with E-state index < -0.39 is 18.6 Å². The number of hydrogen-bond donors (Lipinski definition) is 0. The van der Waals surface area contributed by atoms with Gasteiger partial charge in [-0.15, -0.1) is 0 Å². The summed E-state index contributed by atoms with van der Waals surface area (Å²) >= 11 is 3.28. The van der Waals surface area contributed by atoms with Gasteiger partial charge in [0.25, 0.3) is 5.91 Å². The molecule has 0 spiro atoms. The number of amides is 1. The lowest BCUT2D eigenvalue weighted by molar-refractivity contribution is -0.138. The molecule has 0 N–H and O–H groups in total. The molecule has 1 amide bonds. The summed E-state index contributed by atoms with van der Waals surface area (Å²) in [7, 11) is 1.06. The van der Waals surface area contributed by atoms with Gasteiger partial charge in [0.15, 0.2) is 11.5 Å². The molecule has 8 heteroatoms. The monoisotopic (exact) mass is 362 g/mol. The van der Waals surface area contributed by atoms with Crippen LogP contribution in [0.1, 0.15) is 10.5 Å². The second kappa shape index (κ2) is 5.88. The number of halogens is 4. The van der Waals surface area contributed by atoms with E-state index in [9.17, 15) is 18.0 Å². The summed E-state index contributed by atoms with van der Waals surface area (Å²) in [5, 5.41) is 3.52. The summed E-state index contributed by atoms with van der Waals surface area (Å²) in [5.74, 6) is -0.536. The van der Waals surface area contributed by atoms with Gasteiger partial charge in [-0.1, -0.05) is 33.2 Å². The van der Waals surface area contributed by atoms with Gasteiger partial charge in [-0.25, -0.2) is 0 Å². The van der Waals surface area contributed by atoms with Crippen LogP contribution in [0.25, 0.3) is 11.3 Å². The molecule has 0 saturated carbocycles. The number of rotatable bonds is 3. The third kappa shape index (κ3) is 4.07. The zero-order chi connectivity index (χ0) is 15.6. The molecule has 0 saturated heterocycles. The number of carbonyl (C=O) groups is 1. The topological polar surface area (TPSA) is 46.3 Å². The second-order valence-electron chi connectivity index (χ2n) is 4.36. The summed E-state index contributed by atoms with van der Waals surface area (Å²) in [5.41, 5.74) is 0.503. The molecular weight excluding hydrogens is 353 g/mol. The first-order valence-corrected chi connectivity index (χ1v) is 6.60. The molecule has 1 aromatic carbocycles. The number of aromatic nitrogens is 1. The fourth-order valence-electron chi connectivity index (χ4n) is 1.66. The van der Waals surface area contributed by atoms with Crippen molar-refractivity contribution in [1.82, 2.24) is 10.1 Å².